The van der Waals surface area contributed by atoms with Gasteiger partial charge in [-0.2, -0.15) is 0 Å². The number of halogens is 2. The fourth-order valence-electron chi connectivity index (χ4n) is 6.82. The summed E-state index contributed by atoms with van der Waals surface area (Å²) >= 11 is 12.9. The maximum atomic E-state index is 14.1. The molecule has 0 radical (unpaired) electrons. The topological polar surface area (TPSA) is 78.4 Å². The van der Waals surface area contributed by atoms with Crippen LogP contribution in [0.2, 0.25) is 10.0 Å². The van der Waals surface area contributed by atoms with Crippen LogP contribution in [0.25, 0.3) is 0 Å². The molecule has 5 nitrogen and oxygen atoms in total. The van der Waals surface area contributed by atoms with Crippen molar-refractivity contribution in [2.24, 2.45) is 0 Å². The molecule has 2 heterocycles. The smallest absolute Gasteiger partial charge is 0.321 e. The second-order valence-electron chi connectivity index (χ2n) is 9.59. The van der Waals surface area contributed by atoms with E-state index in [0.29, 0.717) is 15.7 Å². The average molecular weight is 487 g/mol. The summed E-state index contributed by atoms with van der Waals surface area (Å²) in [6.45, 7) is 2.08. The highest BCUT2D eigenvalue weighted by molar-refractivity contribution is 6.31. The fourth-order valence-corrected chi connectivity index (χ4v) is 7.27. The van der Waals surface area contributed by atoms with E-state index < -0.39 is 28.9 Å². The lowest BCUT2D eigenvalue weighted by Gasteiger charge is -2.47. The minimum absolute atomic E-state index is 0.148. The van der Waals surface area contributed by atoms with E-state index in [2.05, 4.69) is 17.6 Å². The van der Waals surface area contributed by atoms with Crippen LogP contribution in [-0.4, -0.2) is 28.6 Å². The van der Waals surface area contributed by atoms with Crippen LogP contribution in [0.15, 0.2) is 36.4 Å². The number of hydrogen-bond donors (Lipinski definition) is 3. The third kappa shape index (κ3) is 3.16. The lowest BCUT2D eigenvalue weighted by molar-refractivity contribution is -0.139. The van der Waals surface area contributed by atoms with Gasteiger partial charge in [0.1, 0.15) is 11.5 Å². The van der Waals surface area contributed by atoms with Crippen molar-refractivity contribution in [2.45, 2.75) is 74.8 Å². The Morgan fingerprint density at radius 3 is 2.61 bits per heavy atom. The van der Waals surface area contributed by atoms with Crippen molar-refractivity contribution >= 4 is 40.8 Å². The van der Waals surface area contributed by atoms with E-state index in [1.54, 1.807) is 12.1 Å². The van der Waals surface area contributed by atoms with Crippen molar-refractivity contribution in [1.82, 2.24) is 5.32 Å². The van der Waals surface area contributed by atoms with Crippen molar-refractivity contribution in [3.05, 3.63) is 63.1 Å². The predicted molar refractivity (Wildman–Crippen MR) is 130 cm³/mol. The van der Waals surface area contributed by atoms with E-state index in [1.165, 1.54) is 0 Å². The fraction of sp³-hybridized carbons (Fsp3) is 0.462. The number of benzene rings is 2. The molecule has 3 aliphatic rings. The Balaban J connectivity index is 1.85. The number of aliphatic carboxylic acids is 1. The first-order valence-electron chi connectivity index (χ1n) is 11.7. The first-order chi connectivity index (χ1) is 15.9. The molecule has 174 valence electrons. The summed E-state index contributed by atoms with van der Waals surface area (Å²) in [5.74, 6) is -1.69. The Kier molecular flexibility index (Phi) is 5.71. The number of carboxylic acids is 1. The molecule has 5 rings (SSSR count). The van der Waals surface area contributed by atoms with Crippen molar-refractivity contribution in [1.29, 1.82) is 0 Å². The molecule has 7 heteroatoms. The number of carbonyl (C=O) groups is 2. The molecule has 0 bridgehead atoms. The molecule has 2 fully saturated rings. The summed E-state index contributed by atoms with van der Waals surface area (Å²) in [5.41, 5.74) is 1.57. The lowest BCUT2D eigenvalue weighted by atomic mass is 9.55. The summed E-state index contributed by atoms with van der Waals surface area (Å²) in [4.78, 5) is 26.9. The van der Waals surface area contributed by atoms with Gasteiger partial charge in [-0.3, -0.25) is 14.9 Å². The second kappa shape index (κ2) is 8.30. The van der Waals surface area contributed by atoms with Crippen LogP contribution in [0.4, 0.5) is 5.69 Å². The van der Waals surface area contributed by atoms with E-state index >= 15 is 0 Å². The van der Waals surface area contributed by atoms with Crippen LogP contribution in [0, 0.1) is 0 Å². The number of carboxylic acid groups (broad SMARTS) is 1. The second-order valence-corrected chi connectivity index (χ2v) is 10.4. The number of hydrogen-bond acceptors (Lipinski definition) is 3. The predicted octanol–water partition coefficient (Wildman–Crippen LogP) is 5.68. The molecule has 33 heavy (non-hydrogen) atoms. The third-order valence-corrected chi connectivity index (χ3v) is 8.55. The molecule has 2 spiro atoms. The Labute approximate surface area is 203 Å². The van der Waals surface area contributed by atoms with Gasteiger partial charge in [0.25, 0.3) is 0 Å². The molecule has 0 unspecified atom stereocenters. The highest BCUT2D eigenvalue weighted by Gasteiger charge is 2.72. The maximum absolute atomic E-state index is 14.1. The van der Waals surface area contributed by atoms with Crippen LogP contribution < -0.4 is 10.6 Å². The van der Waals surface area contributed by atoms with E-state index in [-0.39, 0.29) is 5.91 Å². The first kappa shape index (κ1) is 22.7. The molecule has 0 aromatic heterocycles. The van der Waals surface area contributed by atoms with Gasteiger partial charge in [-0.15, -0.1) is 0 Å². The molecule has 2 aliphatic heterocycles. The van der Waals surface area contributed by atoms with Crippen molar-refractivity contribution in [3.8, 4) is 0 Å². The van der Waals surface area contributed by atoms with Crippen LogP contribution >= 0.6 is 23.2 Å². The Bertz CT molecular complexity index is 1130. The standard InChI is InChI=1S/C26H28Cl2N2O3/c1-2-7-16-17(8-6-9-19(16)28)21-22(23(31)32)30-25(12-4-3-5-13-25)26(21)18-11-10-15(27)14-20(18)29-24(26)33/h6,8-11,14,21-22,30H,2-5,7,12-13H2,1H3,(H,29,33)(H,31,32)/t21-,22+,26+/m0/s1. The Morgan fingerprint density at radius 2 is 1.91 bits per heavy atom. The van der Waals surface area contributed by atoms with Crippen molar-refractivity contribution in [3.63, 3.8) is 0 Å². The van der Waals surface area contributed by atoms with E-state index in [0.717, 1.165) is 61.6 Å². The van der Waals surface area contributed by atoms with Crippen molar-refractivity contribution < 1.29 is 14.7 Å². The van der Waals surface area contributed by atoms with E-state index in [4.69, 9.17) is 23.2 Å². The first-order valence-corrected chi connectivity index (χ1v) is 12.5. The molecular formula is C26H28Cl2N2O3. The van der Waals surface area contributed by atoms with Crippen molar-refractivity contribution in [2.75, 3.05) is 5.32 Å². The summed E-state index contributed by atoms with van der Waals surface area (Å²) in [6, 6.07) is 10.2. The highest BCUT2D eigenvalue weighted by Crippen LogP contribution is 2.62. The van der Waals surface area contributed by atoms with Crippen LogP contribution in [0.1, 0.15) is 68.1 Å². The third-order valence-electron chi connectivity index (χ3n) is 7.96. The summed E-state index contributed by atoms with van der Waals surface area (Å²) in [5, 5.41) is 18.2. The van der Waals surface area contributed by atoms with Gasteiger partial charge in [0.15, 0.2) is 0 Å². The Hall–Kier alpha value is -2.08. The molecular weight excluding hydrogens is 459 g/mol. The lowest BCUT2D eigenvalue weighted by Crippen LogP contribution is -2.60. The maximum Gasteiger partial charge on any atom is 0.321 e. The molecule has 1 aliphatic carbocycles. The number of fused-ring (bicyclic) bond motifs is 3. The molecule has 1 amide bonds. The molecule has 3 atom stereocenters. The number of rotatable bonds is 4. The molecule has 3 N–H and O–H groups in total. The number of anilines is 1. The van der Waals surface area contributed by atoms with Gasteiger partial charge < -0.3 is 10.4 Å². The highest BCUT2D eigenvalue weighted by atomic mass is 35.5. The quantitative estimate of drug-likeness (QED) is 0.519. The summed E-state index contributed by atoms with van der Waals surface area (Å²) < 4.78 is 0. The molecule has 2 aromatic rings. The van der Waals surface area contributed by atoms with E-state index in [1.807, 2.05) is 24.3 Å². The monoisotopic (exact) mass is 486 g/mol. The zero-order chi connectivity index (χ0) is 23.4. The van der Waals surface area contributed by atoms with Gasteiger partial charge >= 0.3 is 5.97 Å². The van der Waals surface area contributed by atoms with Gasteiger partial charge in [-0.1, -0.05) is 74.0 Å². The van der Waals surface area contributed by atoms with Crippen LogP contribution in [0.3, 0.4) is 0 Å². The van der Waals surface area contributed by atoms with Gasteiger partial charge in [-0.25, -0.2) is 0 Å². The molecule has 2 aromatic carbocycles. The molecule has 1 saturated carbocycles. The normalized spacial score (nSPS) is 27.7. The zero-order valence-electron chi connectivity index (χ0n) is 18.6. The number of carbonyl (C=O) groups excluding carboxylic acids is 1. The SMILES string of the molecule is CCCc1c(Cl)cccc1[C@H]1[C@H](C(=O)O)NC2(CCCCC2)[C@@]12C(=O)Nc1cc(Cl)ccc12. The minimum Gasteiger partial charge on any atom is -0.480 e. The van der Waals surface area contributed by atoms with E-state index in [9.17, 15) is 14.7 Å². The van der Waals surface area contributed by atoms with Gasteiger partial charge in [-0.05, 0) is 54.2 Å². The largest absolute Gasteiger partial charge is 0.480 e. The minimum atomic E-state index is -1.07. The summed E-state index contributed by atoms with van der Waals surface area (Å²) in [7, 11) is 0. The van der Waals surface area contributed by atoms with Crippen LogP contribution in [-0.2, 0) is 21.4 Å². The average Bonchev–Trinajstić information content (AvgIpc) is 3.23. The molecule has 1 saturated heterocycles. The summed E-state index contributed by atoms with van der Waals surface area (Å²) in [6.07, 6.45) is 6.04. The van der Waals surface area contributed by atoms with Gasteiger partial charge in [0.2, 0.25) is 5.91 Å². The Morgan fingerprint density at radius 1 is 1.15 bits per heavy atom. The van der Waals surface area contributed by atoms with Crippen LogP contribution in [0.5, 0.6) is 0 Å². The number of amides is 1. The number of nitrogens with one attached hydrogen (secondary N) is 2. The van der Waals surface area contributed by atoms with Gasteiger partial charge in [0.05, 0.1) is 0 Å². The zero-order valence-corrected chi connectivity index (χ0v) is 20.1. The van der Waals surface area contributed by atoms with Gasteiger partial charge in [0, 0.05) is 27.2 Å².